The van der Waals surface area contributed by atoms with E-state index in [1.54, 1.807) is 20.8 Å². The van der Waals surface area contributed by atoms with Gasteiger partial charge in [-0.1, -0.05) is 12.2 Å². The fraction of sp³-hybridized carbons (Fsp3) is 0.750. The Morgan fingerprint density at radius 1 is 1.23 bits per heavy atom. The van der Waals surface area contributed by atoms with Crippen molar-refractivity contribution in [2.24, 2.45) is 0 Å². The molecule has 0 saturated carbocycles. The highest BCUT2D eigenvalue weighted by Gasteiger charge is 2.24. The normalized spacial score (nSPS) is 11.6. The van der Waals surface area contributed by atoms with Crippen molar-refractivity contribution in [2.45, 2.75) is 20.8 Å². The second-order valence-electron chi connectivity index (χ2n) is 2.51. The minimum Gasteiger partial charge on any atom is -0.287 e. The molecule has 0 saturated heterocycles. The molecule has 0 aliphatic heterocycles. The van der Waals surface area contributed by atoms with E-state index in [1.807, 2.05) is 0 Å². The van der Waals surface area contributed by atoms with Crippen LogP contribution < -0.4 is 0 Å². The Hall–Kier alpha value is -0.150. The molecule has 0 aromatic carbocycles. The van der Waals surface area contributed by atoms with Crippen LogP contribution in [0.3, 0.4) is 0 Å². The molecule has 0 aromatic rings. The lowest BCUT2D eigenvalue weighted by Gasteiger charge is -2.15. The quantitative estimate of drug-likeness (QED) is 0.476. The minimum absolute atomic E-state index is 0.192. The number of hydrogen-bond donors (Lipinski definition) is 0. The molecule has 0 aromatic heterocycles. The summed E-state index contributed by atoms with van der Waals surface area (Å²) >= 11 is 0. The highest BCUT2D eigenvalue weighted by molar-refractivity contribution is 7.48. The summed E-state index contributed by atoms with van der Waals surface area (Å²) in [6.07, 6.45) is 0. The summed E-state index contributed by atoms with van der Waals surface area (Å²) in [5, 5.41) is 0. The average Bonchev–Trinajstić information content (AvgIpc) is 2.02. The smallest absolute Gasteiger partial charge is 0.287 e. The summed E-state index contributed by atoms with van der Waals surface area (Å²) in [7, 11) is -3.33. The van der Waals surface area contributed by atoms with Gasteiger partial charge in [0.05, 0.1) is 19.8 Å². The number of phosphoric acid groups is 1. The third-order valence-corrected chi connectivity index (χ3v) is 2.64. The largest absolute Gasteiger partial charge is 0.475 e. The van der Waals surface area contributed by atoms with Crippen LogP contribution in [0.1, 0.15) is 20.8 Å². The van der Waals surface area contributed by atoms with E-state index in [0.717, 1.165) is 5.57 Å². The molecule has 0 rings (SSSR count). The van der Waals surface area contributed by atoms with Gasteiger partial charge in [-0.15, -0.1) is 0 Å². The summed E-state index contributed by atoms with van der Waals surface area (Å²) < 4.78 is 26.4. The molecule has 0 fully saturated rings. The maximum Gasteiger partial charge on any atom is 0.475 e. The summed E-state index contributed by atoms with van der Waals surface area (Å²) in [5.41, 5.74) is 0.777. The third kappa shape index (κ3) is 5.99. The predicted octanol–water partition coefficient (Wildman–Crippen LogP) is 2.76. The molecule has 0 radical (unpaired) electrons. The zero-order valence-electron chi connectivity index (χ0n) is 8.41. The molecule has 0 aliphatic rings. The van der Waals surface area contributed by atoms with E-state index in [-0.39, 0.29) is 6.61 Å². The molecule has 0 spiro atoms. The van der Waals surface area contributed by atoms with Gasteiger partial charge in [0.2, 0.25) is 0 Å². The maximum atomic E-state index is 11.6. The van der Waals surface area contributed by atoms with Crippen LogP contribution in [0, 0.1) is 0 Å². The van der Waals surface area contributed by atoms with E-state index in [0.29, 0.717) is 13.2 Å². The Morgan fingerprint density at radius 2 is 1.69 bits per heavy atom. The van der Waals surface area contributed by atoms with Crippen molar-refractivity contribution in [1.29, 1.82) is 0 Å². The molecule has 0 atom stereocenters. The van der Waals surface area contributed by atoms with E-state index in [1.165, 1.54) is 0 Å². The third-order valence-electron chi connectivity index (χ3n) is 1.04. The second kappa shape index (κ2) is 6.33. The predicted molar refractivity (Wildman–Crippen MR) is 51.6 cm³/mol. The maximum absolute atomic E-state index is 11.6. The van der Waals surface area contributed by atoms with Gasteiger partial charge in [0.1, 0.15) is 0 Å². The Balaban J connectivity index is 4.07. The van der Waals surface area contributed by atoms with Crippen molar-refractivity contribution in [3.05, 3.63) is 12.2 Å². The van der Waals surface area contributed by atoms with Gasteiger partial charge in [-0.25, -0.2) is 4.57 Å². The number of phosphoric ester groups is 1. The minimum atomic E-state index is -3.33. The van der Waals surface area contributed by atoms with E-state index < -0.39 is 7.82 Å². The van der Waals surface area contributed by atoms with Gasteiger partial charge in [-0.3, -0.25) is 13.6 Å². The molecule has 0 heterocycles. The Labute approximate surface area is 79.5 Å². The van der Waals surface area contributed by atoms with Gasteiger partial charge in [0.25, 0.3) is 0 Å². The highest BCUT2D eigenvalue weighted by Crippen LogP contribution is 2.49. The van der Waals surface area contributed by atoms with Crippen LogP contribution in [0.5, 0.6) is 0 Å². The number of hydrogen-bond acceptors (Lipinski definition) is 4. The topological polar surface area (TPSA) is 44.8 Å². The van der Waals surface area contributed by atoms with Crippen LogP contribution in [0.15, 0.2) is 12.2 Å². The molecule has 0 aliphatic carbocycles. The van der Waals surface area contributed by atoms with Crippen LogP contribution in [0.2, 0.25) is 0 Å². The lowest BCUT2D eigenvalue weighted by molar-refractivity contribution is 0.129. The summed E-state index contributed by atoms with van der Waals surface area (Å²) in [6, 6.07) is 0. The first-order valence-corrected chi connectivity index (χ1v) is 5.68. The molecule has 13 heavy (non-hydrogen) atoms. The first-order chi connectivity index (χ1) is 6.04. The van der Waals surface area contributed by atoms with Crippen molar-refractivity contribution in [3.8, 4) is 0 Å². The van der Waals surface area contributed by atoms with Crippen molar-refractivity contribution < 1.29 is 18.1 Å². The Morgan fingerprint density at radius 3 is 2.00 bits per heavy atom. The van der Waals surface area contributed by atoms with Gasteiger partial charge < -0.3 is 0 Å². The summed E-state index contributed by atoms with van der Waals surface area (Å²) in [6.45, 7) is 9.65. The van der Waals surface area contributed by atoms with Crippen LogP contribution >= 0.6 is 7.82 Å². The van der Waals surface area contributed by atoms with Crippen LogP contribution in [0.4, 0.5) is 0 Å². The van der Waals surface area contributed by atoms with E-state index in [2.05, 4.69) is 6.58 Å². The standard InChI is InChI=1S/C8H17O4P/c1-5-10-13(9,11-6-2)12-7-8(3)4/h3,5-7H2,1-2,4H3. The van der Waals surface area contributed by atoms with Gasteiger partial charge >= 0.3 is 7.82 Å². The van der Waals surface area contributed by atoms with Crippen molar-refractivity contribution in [1.82, 2.24) is 0 Å². The zero-order chi connectivity index (χ0) is 10.3. The van der Waals surface area contributed by atoms with E-state index in [9.17, 15) is 4.57 Å². The first kappa shape index (κ1) is 12.8. The molecule has 0 bridgehead atoms. The van der Waals surface area contributed by atoms with Gasteiger partial charge in [-0.2, -0.15) is 0 Å². The molecule has 0 unspecified atom stereocenters. The van der Waals surface area contributed by atoms with Crippen LogP contribution in [-0.4, -0.2) is 19.8 Å². The molecule has 5 heteroatoms. The fourth-order valence-electron chi connectivity index (χ4n) is 0.617. The van der Waals surface area contributed by atoms with Gasteiger partial charge in [-0.05, 0) is 20.8 Å². The summed E-state index contributed by atoms with van der Waals surface area (Å²) in [5.74, 6) is 0. The van der Waals surface area contributed by atoms with Gasteiger partial charge in [0.15, 0.2) is 0 Å². The molecular formula is C8H17O4P. The molecule has 0 N–H and O–H groups in total. The zero-order valence-corrected chi connectivity index (χ0v) is 9.30. The molecule has 0 amide bonds. The molecular weight excluding hydrogens is 191 g/mol. The molecule has 4 nitrogen and oxygen atoms in total. The van der Waals surface area contributed by atoms with E-state index >= 15 is 0 Å². The lowest BCUT2D eigenvalue weighted by Crippen LogP contribution is -2.01. The Kier molecular flexibility index (Phi) is 6.25. The van der Waals surface area contributed by atoms with Crippen molar-refractivity contribution in [2.75, 3.05) is 19.8 Å². The molecule has 78 valence electrons. The fourth-order valence-corrected chi connectivity index (χ4v) is 1.85. The van der Waals surface area contributed by atoms with Crippen LogP contribution in [-0.2, 0) is 18.1 Å². The lowest BCUT2D eigenvalue weighted by atomic mass is 10.4. The SMILES string of the molecule is C=C(C)COP(=O)(OCC)OCC. The monoisotopic (exact) mass is 208 g/mol. The first-order valence-electron chi connectivity index (χ1n) is 4.22. The Bertz CT molecular complexity index is 192. The van der Waals surface area contributed by atoms with E-state index in [4.69, 9.17) is 13.6 Å². The van der Waals surface area contributed by atoms with Gasteiger partial charge in [0, 0.05) is 0 Å². The van der Waals surface area contributed by atoms with Crippen molar-refractivity contribution >= 4 is 7.82 Å². The number of rotatable bonds is 7. The highest BCUT2D eigenvalue weighted by atomic mass is 31.2. The average molecular weight is 208 g/mol. The second-order valence-corrected chi connectivity index (χ2v) is 4.18. The van der Waals surface area contributed by atoms with Crippen molar-refractivity contribution in [3.63, 3.8) is 0 Å². The van der Waals surface area contributed by atoms with Crippen LogP contribution in [0.25, 0.3) is 0 Å². The summed E-state index contributed by atoms with van der Waals surface area (Å²) in [4.78, 5) is 0.